The standard InChI is InChI=1S/C48H57N3/c1-9-15-18-19-37-50(39(7)22-16-10-2)38-20-24-41(13-5)42-25-31-45(32-26-42)49-46-33-27-43(28-34-46)44-29-35-48(36-30-44)51(40(8)23-17-11-3)47(14-6)21-12-4/h9-27,29-35,43,48-49H,3-4,6,8,28,36-38H2,1-2,5,7H3/b15-9-,16-10-,19-18-,23-17-,24-20-,39-22+,41-13+,47-21+. The van der Waals surface area contributed by atoms with E-state index in [0.29, 0.717) is 5.92 Å². The molecule has 2 atom stereocenters. The van der Waals surface area contributed by atoms with Gasteiger partial charge < -0.3 is 15.1 Å². The van der Waals surface area contributed by atoms with E-state index in [-0.39, 0.29) is 6.04 Å². The van der Waals surface area contributed by atoms with Crippen LogP contribution < -0.4 is 5.32 Å². The molecule has 1 aromatic carbocycles. The van der Waals surface area contributed by atoms with Crippen molar-refractivity contribution in [2.45, 2.75) is 46.6 Å². The lowest BCUT2D eigenvalue weighted by Crippen LogP contribution is -2.32. The van der Waals surface area contributed by atoms with Crippen LogP contribution in [0.2, 0.25) is 0 Å². The molecule has 0 aliphatic heterocycles. The van der Waals surface area contributed by atoms with E-state index < -0.39 is 0 Å². The maximum absolute atomic E-state index is 4.30. The van der Waals surface area contributed by atoms with Crippen molar-refractivity contribution in [3.8, 4) is 0 Å². The van der Waals surface area contributed by atoms with E-state index in [0.717, 1.165) is 48.7 Å². The number of anilines is 1. The van der Waals surface area contributed by atoms with Gasteiger partial charge in [-0.3, -0.25) is 0 Å². The summed E-state index contributed by atoms with van der Waals surface area (Å²) in [5.41, 5.74) is 9.02. The maximum Gasteiger partial charge on any atom is 0.0559 e. The van der Waals surface area contributed by atoms with Crippen LogP contribution >= 0.6 is 0 Å². The van der Waals surface area contributed by atoms with Crippen LogP contribution in [0.5, 0.6) is 0 Å². The van der Waals surface area contributed by atoms with Crippen molar-refractivity contribution in [2.75, 3.05) is 18.4 Å². The van der Waals surface area contributed by atoms with Crippen LogP contribution in [0.4, 0.5) is 5.69 Å². The Balaban J connectivity index is 1.60. The molecule has 2 aliphatic carbocycles. The van der Waals surface area contributed by atoms with Gasteiger partial charge in [-0.05, 0) is 99.8 Å². The Morgan fingerprint density at radius 3 is 2.20 bits per heavy atom. The second-order valence-electron chi connectivity index (χ2n) is 12.3. The van der Waals surface area contributed by atoms with E-state index in [1.54, 1.807) is 12.2 Å². The molecule has 0 bridgehead atoms. The maximum atomic E-state index is 4.30. The predicted molar refractivity (Wildman–Crippen MR) is 227 cm³/mol. The average molecular weight is 676 g/mol. The molecule has 3 rings (SSSR count). The highest BCUT2D eigenvalue weighted by molar-refractivity contribution is 5.75. The summed E-state index contributed by atoms with van der Waals surface area (Å²) in [6, 6.07) is 8.83. The third-order valence-corrected chi connectivity index (χ3v) is 8.71. The molecule has 0 fully saturated rings. The SMILES string of the molecule is C=C/C=C\C(=C)N(/C(C=C)=C/C=C)C1C=CC(C2C=CC(Nc3ccc(C(/C=C\CN(C/C=C\C=C/C)/C(C)=C/C=C\C)=C/C)cc3)=CC2)=CC1. The molecule has 264 valence electrons. The monoisotopic (exact) mass is 675 g/mol. The molecule has 0 saturated carbocycles. The molecular weight excluding hydrogens is 619 g/mol. The third kappa shape index (κ3) is 12.7. The number of allylic oxidation sites excluding steroid dienone is 21. The van der Waals surface area contributed by atoms with E-state index in [4.69, 9.17) is 0 Å². The summed E-state index contributed by atoms with van der Waals surface area (Å²) < 4.78 is 0. The Labute approximate surface area is 309 Å². The average Bonchev–Trinajstić information content (AvgIpc) is 3.16. The Bertz CT molecular complexity index is 1720. The van der Waals surface area contributed by atoms with Crippen molar-refractivity contribution < 1.29 is 0 Å². The number of benzene rings is 1. The van der Waals surface area contributed by atoms with Gasteiger partial charge in [0.05, 0.1) is 6.04 Å². The fraction of sp³-hybridized carbons (Fsp3) is 0.208. The van der Waals surface area contributed by atoms with Crippen LogP contribution in [0.3, 0.4) is 0 Å². The highest BCUT2D eigenvalue weighted by atomic mass is 15.2. The van der Waals surface area contributed by atoms with Gasteiger partial charge in [-0.1, -0.05) is 142 Å². The first-order valence-corrected chi connectivity index (χ1v) is 17.9. The van der Waals surface area contributed by atoms with Gasteiger partial charge in [0.15, 0.2) is 0 Å². The Morgan fingerprint density at radius 1 is 0.824 bits per heavy atom. The summed E-state index contributed by atoms with van der Waals surface area (Å²) in [5, 5.41) is 3.60. The first kappa shape index (κ1) is 39.9. The molecule has 0 heterocycles. The normalized spacial score (nSPS) is 18.5. The van der Waals surface area contributed by atoms with Gasteiger partial charge in [0.2, 0.25) is 0 Å². The van der Waals surface area contributed by atoms with Crippen molar-refractivity contribution in [2.24, 2.45) is 5.92 Å². The summed E-state index contributed by atoms with van der Waals surface area (Å²) in [4.78, 5) is 4.56. The van der Waals surface area contributed by atoms with Crippen molar-refractivity contribution >= 4 is 11.3 Å². The lowest BCUT2D eigenvalue weighted by Gasteiger charge is -2.34. The molecule has 2 unspecified atom stereocenters. The van der Waals surface area contributed by atoms with Gasteiger partial charge in [-0.2, -0.15) is 0 Å². The minimum absolute atomic E-state index is 0.140. The summed E-state index contributed by atoms with van der Waals surface area (Å²) in [5.74, 6) is 0.349. The predicted octanol–water partition coefficient (Wildman–Crippen LogP) is 12.5. The largest absolute Gasteiger partial charge is 0.368 e. The Hall–Kier alpha value is -5.54. The topological polar surface area (TPSA) is 18.5 Å². The molecule has 51 heavy (non-hydrogen) atoms. The van der Waals surface area contributed by atoms with Crippen LogP contribution in [0.15, 0.2) is 213 Å². The lowest BCUT2D eigenvalue weighted by atomic mass is 9.87. The fourth-order valence-corrected chi connectivity index (χ4v) is 5.91. The third-order valence-electron chi connectivity index (χ3n) is 8.71. The second-order valence-corrected chi connectivity index (χ2v) is 12.3. The number of nitrogens with one attached hydrogen (secondary N) is 1. The van der Waals surface area contributed by atoms with E-state index >= 15 is 0 Å². The zero-order valence-electron chi connectivity index (χ0n) is 31.2. The number of nitrogens with zero attached hydrogens (tertiary/aromatic N) is 2. The molecule has 0 aromatic heterocycles. The van der Waals surface area contributed by atoms with Gasteiger partial charge in [-0.25, -0.2) is 0 Å². The number of hydrogen-bond donors (Lipinski definition) is 1. The second kappa shape index (κ2) is 22.2. The summed E-state index contributed by atoms with van der Waals surface area (Å²) in [7, 11) is 0. The molecule has 3 heteroatoms. The van der Waals surface area contributed by atoms with Crippen LogP contribution in [0.25, 0.3) is 5.57 Å². The summed E-state index contributed by atoms with van der Waals surface area (Å²) >= 11 is 0. The van der Waals surface area contributed by atoms with Crippen LogP contribution in [-0.2, 0) is 0 Å². The molecule has 0 spiro atoms. The highest BCUT2D eigenvalue weighted by Gasteiger charge is 2.22. The summed E-state index contributed by atoms with van der Waals surface area (Å²) in [6.45, 7) is 26.0. The van der Waals surface area contributed by atoms with E-state index in [1.165, 1.54) is 22.4 Å². The zero-order chi connectivity index (χ0) is 36.8. The van der Waals surface area contributed by atoms with Crippen molar-refractivity contribution in [3.05, 3.63) is 218 Å². The Morgan fingerprint density at radius 2 is 1.59 bits per heavy atom. The number of rotatable bonds is 19. The molecule has 0 radical (unpaired) electrons. The van der Waals surface area contributed by atoms with Crippen LogP contribution in [0.1, 0.15) is 46.1 Å². The van der Waals surface area contributed by atoms with Gasteiger partial charge in [0, 0.05) is 47.5 Å². The zero-order valence-corrected chi connectivity index (χ0v) is 31.2. The molecule has 0 amide bonds. The van der Waals surface area contributed by atoms with Crippen LogP contribution in [-0.4, -0.2) is 28.9 Å². The van der Waals surface area contributed by atoms with Crippen molar-refractivity contribution in [1.82, 2.24) is 9.80 Å². The minimum Gasteiger partial charge on any atom is -0.368 e. The van der Waals surface area contributed by atoms with Gasteiger partial charge in [-0.15, -0.1) is 0 Å². The van der Waals surface area contributed by atoms with Gasteiger partial charge >= 0.3 is 0 Å². The van der Waals surface area contributed by atoms with Gasteiger partial charge in [0.25, 0.3) is 0 Å². The Kier molecular flexibility index (Phi) is 17.4. The van der Waals surface area contributed by atoms with E-state index in [1.807, 2.05) is 44.2 Å². The van der Waals surface area contributed by atoms with Crippen molar-refractivity contribution in [1.29, 1.82) is 0 Å². The number of hydrogen-bond acceptors (Lipinski definition) is 3. The molecule has 1 N–H and O–H groups in total. The fourth-order valence-electron chi connectivity index (χ4n) is 5.91. The van der Waals surface area contributed by atoms with Crippen LogP contribution in [0, 0.1) is 5.92 Å². The quantitative estimate of drug-likeness (QED) is 0.147. The smallest absolute Gasteiger partial charge is 0.0559 e. The van der Waals surface area contributed by atoms with Crippen molar-refractivity contribution in [3.63, 3.8) is 0 Å². The lowest BCUT2D eigenvalue weighted by molar-refractivity contribution is 0.382. The molecule has 0 saturated heterocycles. The first-order chi connectivity index (χ1) is 24.9. The molecule has 3 nitrogen and oxygen atoms in total. The van der Waals surface area contributed by atoms with Gasteiger partial charge in [0.1, 0.15) is 0 Å². The molecular formula is C48H57N3. The minimum atomic E-state index is 0.140. The van der Waals surface area contributed by atoms with E-state index in [2.05, 4.69) is 171 Å². The highest BCUT2D eigenvalue weighted by Crippen LogP contribution is 2.31. The summed E-state index contributed by atoms with van der Waals surface area (Å²) in [6.07, 6.45) is 48.1. The molecule has 1 aromatic rings. The first-order valence-electron chi connectivity index (χ1n) is 17.9. The van der Waals surface area contributed by atoms with E-state index in [9.17, 15) is 0 Å². The molecule has 2 aliphatic rings.